The Morgan fingerprint density at radius 3 is 2.23 bits per heavy atom. The topological polar surface area (TPSA) is 73.0 Å². The molecule has 1 saturated carbocycles. The van der Waals surface area contributed by atoms with E-state index in [9.17, 15) is 14.4 Å². The predicted molar refractivity (Wildman–Crippen MR) is 137 cm³/mol. The molecule has 1 aliphatic carbocycles. The summed E-state index contributed by atoms with van der Waals surface area (Å²) in [6.45, 7) is 4.90. The number of fused-ring (bicyclic) bond motifs is 2. The van der Waals surface area contributed by atoms with Gasteiger partial charge in [0.05, 0.1) is 6.04 Å². The van der Waals surface area contributed by atoms with Crippen LogP contribution in [0.4, 0.5) is 4.79 Å². The number of carbonyl (C=O) groups excluding carboxylic acids is 3. The van der Waals surface area contributed by atoms with Crippen molar-refractivity contribution in [3.63, 3.8) is 0 Å². The maximum atomic E-state index is 13.3. The number of piperidine rings is 1. The number of halogens is 1. The molecule has 5 rings (SSSR count). The lowest BCUT2D eigenvalue weighted by Gasteiger charge is -2.48. The third-order valence-electron chi connectivity index (χ3n) is 8.76. The highest BCUT2D eigenvalue weighted by Gasteiger charge is 2.62. The maximum absolute atomic E-state index is 13.3. The number of hydrogen-bond acceptors (Lipinski definition) is 4. The molecule has 1 aromatic rings. The first-order valence-electron chi connectivity index (χ1n) is 13.0. The van der Waals surface area contributed by atoms with Gasteiger partial charge in [-0.25, -0.2) is 4.79 Å². The standard InChI is InChI=1S/C27H38N4O3.ClH/c1-18(2)31-26(34)29(3)25(33)27(31)16-21-12-13-22(17-27)30(21)15-14-23(19-8-5-4-6-9-19)28-24(32)20-10-7-11-20;/h4-6,8-9,18,20-23H,7,10-17H2,1-3H3,(H,28,32);1H/t21?,22?,23-,27?;/m0./s1. The first kappa shape index (κ1) is 26.0. The van der Waals surface area contributed by atoms with Crippen molar-refractivity contribution in [2.75, 3.05) is 13.6 Å². The minimum Gasteiger partial charge on any atom is -0.349 e. The number of rotatable bonds is 7. The Labute approximate surface area is 215 Å². The second kappa shape index (κ2) is 10.1. The monoisotopic (exact) mass is 502 g/mol. The van der Waals surface area contributed by atoms with E-state index in [1.54, 1.807) is 7.05 Å². The number of amides is 4. The van der Waals surface area contributed by atoms with Crippen LogP contribution in [-0.2, 0) is 9.59 Å². The molecule has 1 N–H and O–H groups in total. The number of benzene rings is 1. The zero-order valence-electron chi connectivity index (χ0n) is 21.1. The first-order chi connectivity index (χ1) is 16.3. The van der Waals surface area contributed by atoms with Crippen LogP contribution in [0.5, 0.6) is 0 Å². The fraction of sp³-hybridized carbons (Fsp3) is 0.667. The largest absolute Gasteiger partial charge is 0.349 e. The highest BCUT2D eigenvalue weighted by Crippen LogP contribution is 2.48. The van der Waals surface area contributed by atoms with Crippen LogP contribution in [0.25, 0.3) is 0 Å². The predicted octanol–water partition coefficient (Wildman–Crippen LogP) is 4.12. The molecule has 4 amide bonds. The van der Waals surface area contributed by atoms with Gasteiger partial charge in [-0.2, -0.15) is 0 Å². The van der Waals surface area contributed by atoms with E-state index in [2.05, 4.69) is 22.3 Å². The second-order valence-corrected chi connectivity index (χ2v) is 11.1. The molecule has 7 nitrogen and oxygen atoms in total. The molecule has 35 heavy (non-hydrogen) atoms. The van der Waals surface area contributed by atoms with Crippen LogP contribution in [0.15, 0.2) is 30.3 Å². The number of nitrogens with zero attached hydrogens (tertiary/aromatic N) is 3. The average Bonchev–Trinajstić information content (AvgIpc) is 3.12. The van der Waals surface area contributed by atoms with Gasteiger partial charge in [-0.05, 0) is 64.4 Å². The third kappa shape index (κ3) is 4.46. The third-order valence-corrected chi connectivity index (χ3v) is 8.76. The fourth-order valence-electron chi connectivity index (χ4n) is 6.86. The fourth-order valence-corrected chi connectivity index (χ4v) is 6.86. The van der Waals surface area contributed by atoms with Gasteiger partial charge in [-0.15, -0.1) is 12.4 Å². The van der Waals surface area contributed by atoms with Crippen molar-refractivity contribution in [2.24, 2.45) is 5.92 Å². The Kier molecular flexibility index (Phi) is 7.49. The summed E-state index contributed by atoms with van der Waals surface area (Å²) in [7, 11) is 1.62. The van der Waals surface area contributed by atoms with Crippen molar-refractivity contribution < 1.29 is 14.4 Å². The molecule has 1 aromatic carbocycles. The van der Waals surface area contributed by atoms with E-state index >= 15 is 0 Å². The van der Waals surface area contributed by atoms with Gasteiger partial charge in [-0.3, -0.25) is 19.4 Å². The van der Waals surface area contributed by atoms with Gasteiger partial charge in [0.15, 0.2) is 0 Å². The van der Waals surface area contributed by atoms with Crippen molar-refractivity contribution in [2.45, 2.75) is 94.9 Å². The number of urea groups is 1. The summed E-state index contributed by atoms with van der Waals surface area (Å²) in [5.41, 5.74) is 0.458. The molecule has 8 heteroatoms. The molecule has 0 aromatic heterocycles. The smallest absolute Gasteiger partial charge is 0.327 e. The molecule has 4 fully saturated rings. The molecule has 3 saturated heterocycles. The van der Waals surface area contributed by atoms with Crippen LogP contribution in [0, 0.1) is 5.92 Å². The van der Waals surface area contributed by atoms with Crippen molar-refractivity contribution in [3.05, 3.63) is 35.9 Å². The molecular formula is C27H39ClN4O3. The quantitative estimate of drug-likeness (QED) is 0.569. The number of likely N-dealkylation sites (N-methyl/N-ethyl adjacent to an activating group) is 1. The normalized spacial score (nSPS) is 29.5. The molecule has 3 heterocycles. The summed E-state index contributed by atoms with van der Waals surface area (Å²) < 4.78 is 0. The van der Waals surface area contributed by atoms with Crippen LogP contribution in [0.2, 0.25) is 0 Å². The van der Waals surface area contributed by atoms with Gasteiger partial charge in [0.1, 0.15) is 5.54 Å². The van der Waals surface area contributed by atoms with Gasteiger partial charge in [0.2, 0.25) is 5.91 Å². The maximum Gasteiger partial charge on any atom is 0.327 e. The molecule has 3 atom stereocenters. The summed E-state index contributed by atoms with van der Waals surface area (Å²) in [4.78, 5) is 44.7. The summed E-state index contributed by atoms with van der Waals surface area (Å²) in [6, 6.07) is 10.7. The number of imide groups is 1. The zero-order chi connectivity index (χ0) is 24.0. The summed E-state index contributed by atoms with van der Waals surface area (Å²) in [5.74, 6) is 0.325. The Morgan fingerprint density at radius 1 is 1.06 bits per heavy atom. The highest BCUT2D eigenvalue weighted by molar-refractivity contribution is 6.07. The van der Waals surface area contributed by atoms with Crippen molar-refractivity contribution in [3.8, 4) is 0 Å². The zero-order valence-corrected chi connectivity index (χ0v) is 21.9. The minimum atomic E-state index is -0.695. The van der Waals surface area contributed by atoms with E-state index in [1.807, 2.05) is 36.9 Å². The van der Waals surface area contributed by atoms with Gasteiger partial charge in [0, 0.05) is 37.6 Å². The van der Waals surface area contributed by atoms with Crippen LogP contribution < -0.4 is 5.32 Å². The molecule has 3 aliphatic heterocycles. The van der Waals surface area contributed by atoms with Crippen LogP contribution in [0.1, 0.15) is 76.8 Å². The molecule has 2 unspecified atom stereocenters. The number of nitrogens with one attached hydrogen (secondary N) is 1. The van der Waals surface area contributed by atoms with E-state index in [4.69, 9.17) is 0 Å². The van der Waals surface area contributed by atoms with Gasteiger partial charge < -0.3 is 10.2 Å². The summed E-state index contributed by atoms with van der Waals surface area (Å²) in [6.07, 6.45) is 7.54. The lowest BCUT2D eigenvalue weighted by atomic mass is 9.80. The Morgan fingerprint density at radius 2 is 1.69 bits per heavy atom. The van der Waals surface area contributed by atoms with Gasteiger partial charge in [0.25, 0.3) is 5.91 Å². The Balaban J connectivity index is 0.00000289. The van der Waals surface area contributed by atoms with Crippen LogP contribution in [-0.4, -0.2) is 69.8 Å². The lowest BCUT2D eigenvalue weighted by Crippen LogP contribution is -2.61. The molecule has 0 radical (unpaired) electrons. The first-order valence-corrected chi connectivity index (χ1v) is 13.0. The highest BCUT2D eigenvalue weighted by atomic mass is 35.5. The van der Waals surface area contributed by atoms with Crippen molar-refractivity contribution >= 4 is 30.3 Å². The van der Waals surface area contributed by atoms with Gasteiger partial charge >= 0.3 is 6.03 Å². The Hall–Kier alpha value is -2.12. The van der Waals surface area contributed by atoms with Crippen LogP contribution in [0.3, 0.4) is 0 Å². The van der Waals surface area contributed by atoms with Crippen molar-refractivity contribution in [1.29, 1.82) is 0 Å². The van der Waals surface area contributed by atoms with E-state index < -0.39 is 5.54 Å². The summed E-state index contributed by atoms with van der Waals surface area (Å²) >= 11 is 0. The Bertz CT molecular complexity index is 937. The number of hydrogen-bond donors (Lipinski definition) is 1. The minimum absolute atomic E-state index is 0. The molecule has 192 valence electrons. The molecule has 1 spiro atoms. The summed E-state index contributed by atoms with van der Waals surface area (Å²) in [5, 5.41) is 3.33. The van der Waals surface area contributed by atoms with E-state index in [0.717, 1.165) is 50.6 Å². The van der Waals surface area contributed by atoms with E-state index in [0.29, 0.717) is 24.9 Å². The molecular weight excluding hydrogens is 464 g/mol. The van der Waals surface area contributed by atoms with Crippen LogP contribution >= 0.6 is 12.4 Å². The van der Waals surface area contributed by atoms with E-state index in [-0.39, 0.29) is 48.3 Å². The molecule has 4 aliphatic rings. The van der Waals surface area contributed by atoms with Gasteiger partial charge in [-0.1, -0.05) is 36.8 Å². The lowest BCUT2D eigenvalue weighted by molar-refractivity contribution is -0.137. The number of carbonyl (C=O) groups is 3. The SMILES string of the molecule is CC(C)N1C(=O)N(C)C(=O)C12CC1CCC(C2)N1CC[C@H](NC(=O)C1CCC1)c1ccccc1.Cl. The van der Waals surface area contributed by atoms with Crippen molar-refractivity contribution in [1.82, 2.24) is 20.0 Å². The average molecular weight is 503 g/mol. The van der Waals surface area contributed by atoms with E-state index in [1.165, 1.54) is 4.90 Å². The second-order valence-electron chi connectivity index (χ2n) is 11.1. The molecule has 2 bridgehead atoms.